The molecule has 0 saturated heterocycles. The van der Waals surface area contributed by atoms with Gasteiger partial charge in [-0.1, -0.05) is 6.92 Å². The third-order valence-electron chi connectivity index (χ3n) is 2.57. The van der Waals surface area contributed by atoms with Crippen LogP contribution in [0.3, 0.4) is 0 Å². The van der Waals surface area contributed by atoms with Crippen molar-refractivity contribution in [1.29, 1.82) is 0 Å². The molecule has 0 spiro atoms. The minimum Gasteiger partial charge on any atom is -0.458 e. The molecule has 0 saturated carbocycles. The van der Waals surface area contributed by atoms with Gasteiger partial charge in [0.05, 0.1) is 4.92 Å². The standard InChI is InChI=1S/C13H11NO4/c1-2-11-7-8-12(18-11)13(15)9-3-5-10(6-4-9)14(16)17/h3-8H,2H2,1H3. The molecule has 18 heavy (non-hydrogen) atoms. The molecule has 0 aliphatic heterocycles. The molecule has 2 aromatic rings. The lowest BCUT2D eigenvalue weighted by Gasteiger charge is -1.97. The Hall–Kier alpha value is -2.43. The maximum atomic E-state index is 12.0. The van der Waals surface area contributed by atoms with Gasteiger partial charge in [0.1, 0.15) is 5.76 Å². The van der Waals surface area contributed by atoms with E-state index < -0.39 is 4.92 Å². The quantitative estimate of drug-likeness (QED) is 0.471. The smallest absolute Gasteiger partial charge is 0.269 e. The zero-order chi connectivity index (χ0) is 13.1. The Morgan fingerprint density at radius 2 is 1.89 bits per heavy atom. The minimum absolute atomic E-state index is 0.0414. The van der Waals surface area contributed by atoms with Crippen LogP contribution in [-0.2, 0) is 6.42 Å². The Balaban J connectivity index is 2.25. The summed E-state index contributed by atoms with van der Waals surface area (Å²) < 4.78 is 5.34. The largest absolute Gasteiger partial charge is 0.458 e. The van der Waals surface area contributed by atoms with Gasteiger partial charge in [-0.25, -0.2) is 0 Å². The van der Waals surface area contributed by atoms with Gasteiger partial charge < -0.3 is 4.42 Å². The van der Waals surface area contributed by atoms with Crippen LogP contribution in [0.1, 0.15) is 28.8 Å². The molecule has 0 radical (unpaired) electrons. The number of hydrogen-bond acceptors (Lipinski definition) is 4. The third-order valence-corrected chi connectivity index (χ3v) is 2.57. The minimum atomic E-state index is -0.504. The van der Waals surface area contributed by atoms with Crippen LogP contribution in [0.5, 0.6) is 0 Å². The summed E-state index contributed by atoms with van der Waals surface area (Å²) in [4.78, 5) is 22.0. The number of hydrogen-bond donors (Lipinski definition) is 0. The first-order chi connectivity index (χ1) is 8.61. The molecule has 5 heteroatoms. The summed E-state index contributed by atoms with van der Waals surface area (Å²) in [5, 5.41) is 10.5. The maximum Gasteiger partial charge on any atom is 0.269 e. The number of ketones is 1. The summed E-state index contributed by atoms with van der Waals surface area (Å²) >= 11 is 0. The van der Waals surface area contributed by atoms with E-state index in [1.165, 1.54) is 24.3 Å². The van der Waals surface area contributed by atoms with E-state index in [0.717, 1.165) is 5.76 Å². The van der Waals surface area contributed by atoms with Crippen molar-refractivity contribution in [3.8, 4) is 0 Å². The second-order valence-corrected chi connectivity index (χ2v) is 3.75. The summed E-state index contributed by atoms with van der Waals surface area (Å²) in [6, 6.07) is 8.82. The Morgan fingerprint density at radius 3 is 2.39 bits per heavy atom. The second-order valence-electron chi connectivity index (χ2n) is 3.75. The van der Waals surface area contributed by atoms with Crippen molar-refractivity contribution in [3.63, 3.8) is 0 Å². The molecule has 1 heterocycles. The molecule has 0 N–H and O–H groups in total. The highest BCUT2D eigenvalue weighted by Crippen LogP contribution is 2.17. The number of carbonyl (C=O) groups excluding carboxylic acids is 1. The van der Waals surface area contributed by atoms with Crippen molar-refractivity contribution < 1.29 is 14.1 Å². The number of nitro groups is 1. The molecule has 1 aromatic heterocycles. The molecule has 5 nitrogen and oxygen atoms in total. The van der Waals surface area contributed by atoms with Crippen molar-refractivity contribution in [1.82, 2.24) is 0 Å². The zero-order valence-electron chi connectivity index (χ0n) is 9.75. The van der Waals surface area contributed by atoms with Crippen LogP contribution in [-0.4, -0.2) is 10.7 Å². The number of carbonyl (C=O) groups is 1. The maximum absolute atomic E-state index is 12.0. The molecule has 0 amide bonds. The van der Waals surface area contributed by atoms with Gasteiger partial charge in [0.2, 0.25) is 5.78 Å². The van der Waals surface area contributed by atoms with Crippen molar-refractivity contribution >= 4 is 11.5 Å². The van der Waals surface area contributed by atoms with Gasteiger partial charge >= 0.3 is 0 Å². The monoisotopic (exact) mass is 245 g/mol. The lowest BCUT2D eigenvalue weighted by atomic mass is 10.1. The van der Waals surface area contributed by atoms with Gasteiger partial charge in [-0.05, 0) is 24.3 Å². The Kier molecular flexibility index (Phi) is 3.23. The normalized spacial score (nSPS) is 10.3. The van der Waals surface area contributed by atoms with Gasteiger partial charge in [-0.2, -0.15) is 0 Å². The molecular weight excluding hydrogens is 234 g/mol. The Morgan fingerprint density at radius 1 is 1.22 bits per heavy atom. The average molecular weight is 245 g/mol. The predicted octanol–water partition coefficient (Wildman–Crippen LogP) is 2.98. The van der Waals surface area contributed by atoms with E-state index in [9.17, 15) is 14.9 Å². The predicted molar refractivity (Wildman–Crippen MR) is 64.6 cm³/mol. The summed E-state index contributed by atoms with van der Waals surface area (Å²) in [5.41, 5.74) is 0.331. The summed E-state index contributed by atoms with van der Waals surface area (Å²) in [6.45, 7) is 1.93. The number of furan rings is 1. The van der Waals surface area contributed by atoms with E-state index >= 15 is 0 Å². The lowest BCUT2D eigenvalue weighted by Crippen LogP contribution is -1.99. The first-order valence-corrected chi connectivity index (χ1v) is 5.49. The van der Waals surface area contributed by atoms with Crippen LogP contribution in [0.2, 0.25) is 0 Å². The number of aryl methyl sites for hydroxylation is 1. The summed E-state index contributed by atoms with van der Waals surface area (Å²) in [7, 11) is 0. The van der Waals surface area contributed by atoms with E-state index in [4.69, 9.17) is 4.42 Å². The molecule has 1 aromatic carbocycles. The van der Waals surface area contributed by atoms with E-state index in [-0.39, 0.29) is 17.2 Å². The lowest BCUT2D eigenvalue weighted by molar-refractivity contribution is -0.384. The van der Waals surface area contributed by atoms with E-state index in [1.807, 2.05) is 6.92 Å². The molecule has 92 valence electrons. The zero-order valence-corrected chi connectivity index (χ0v) is 9.75. The van der Waals surface area contributed by atoms with Crippen LogP contribution in [0.25, 0.3) is 0 Å². The fourth-order valence-electron chi connectivity index (χ4n) is 1.57. The fourth-order valence-corrected chi connectivity index (χ4v) is 1.57. The van der Waals surface area contributed by atoms with Crippen LogP contribution >= 0.6 is 0 Å². The molecule has 0 bridgehead atoms. The Bertz CT molecular complexity index is 583. The van der Waals surface area contributed by atoms with E-state index in [2.05, 4.69) is 0 Å². The summed E-state index contributed by atoms with van der Waals surface area (Å²) in [5.74, 6) is 0.713. The highest BCUT2D eigenvalue weighted by Gasteiger charge is 2.14. The van der Waals surface area contributed by atoms with Crippen LogP contribution in [0.15, 0.2) is 40.8 Å². The molecular formula is C13H11NO4. The number of nitrogens with zero attached hydrogens (tertiary/aromatic N) is 1. The molecule has 2 rings (SSSR count). The van der Waals surface area contributed by atoms with Crippen molar-refractivity contribution in [2.45, 2.75) is 13.3 Å². The number of nitro benzene ring substituents is 1. The first-order valence-electron chi connectivity index (χ1n) is 5.49. The molecule has 0 unspecified atom stereocenters. The van der Waals surface area contributed by atoms with Crippen molar-refractivity contribution in [2.75, 3.05) is 0 Å². The molecule has 0 aliphatic rings. The van der Waals surface area contributed by atoms with Gasteiger partial charge in [0.25, 0.3) is 5.69 Å². The van der Waals surface area contributed by atoms with Crippen LogP contribution < -0.4 is 0 Å². The van der Waals surface area contributed by atoms with Crippen LogP contribution in [0.4, 0.5) is 5.69 Å². The van der Waals surface area contributed by atoms with Gasteiger partial charge in [0, 0.05) is 24.1 Å². The van der Waals surface area contributed by atoms with Gasteiger partial charge in [-0.15, -0.1) is 0 Å². The van der Waals surface area contributed by atoms with E-state index in [0.29, 0.717) is 12.0 Å². The van der Waals surface area contributed by atoms with Crippen molar-refractivity contribution in [2.24, 2.45) is 0 Å². The average Bonchev–Trinajstić information content (AvgIpc) is 2.86. The SMILES string of the molecule is CCc1ccc(C(=O)c2ccc([N+](=O)[O-])cc2)o1. The summed E-state index contributed by atoms with van der Waals surface area (Å²) in [6.07, 6.45) is 0.716. The number of rotatable bonds is 4. The number of non-ortho nitro benzene ring substituents is 1. The van der Waals surface area contributed by atoms with Gasteiger partial charge in [0.15, 0.2) is 5.76 Å². The third kappa shape index (κ3) is 2.29. The topological polar surface area (TPSA) is 73.3 Å². The van der Waals surface area contributed by atoms with Gasteiger partial charge in [-0.3, -0.25) is 14.9 Å². The highest BCUT2D eigenvalue weighted by molar-refractivity contribution is 6.07. The first kappa shape index (κ1) is 12.0. The van der Waals surface area contributed by atoms with Crippen molar-refractivity contribution in [3.05, 3.63) is 63.6 Å². The fraction of sp³-hybridized carbons (Fsp3) is 0.154. The molecule has 0 fully saturated rings. The molecule has 0 atom stereocenters. The highest BCUT2D eigenvalue weighted by atomic mass is 16.6. The van der Waals surface area contributed by atoms with Crippen LogP contribution in [0, 0.1) is 10.1 Å². The Labute approximate surface area is 103 Å². The van der Waals surface area contributed by atoms with E-state index in [1.54, 1.807) is 12.1 Å². The molecule has 0 aliphatic carbocycles. The number of benzene rings is 1. The second kappa shape index (κ2) is 4.83.